The summed E-state index contributed by atoms with van der Waals surface area (Å²) < 4.78 is 5.29. The molecule has 3 amide bonds. The quantitative estimate of drug-likeness (QED) is 0.553. The highest BCUT2D eigenvalue weighted by Gasteiger charge is 2.26. The van der Waals surface area contributed by atoms with E-state index in [9.17, 15) is 19.2 Å². The molecular formula is C22H24N2O5. The fourth-order valence-electron chi connectivity index (χ4n) is 2.61. The fraction of sp³-hybridized carbons (Fsp3) is 0.273. The number of Topliss-reactive ketones (excluding diaryl/α,β-unsaturated/α-hetero) is 1. The van der Waals surface area contributed by atoms with E-state index in [4.69, 9.17) is 4.74 Å². The number of aryl methyl sites for hydroxylation is 2. The predicted octanol–water partition coefficient (Wildman–Crippen LogP) is 3.01. The zero-order valence-electron chi connectivity index (χ0n) is 16.7. The average Bonchev–Trinajstić information content (AvgIpc) is 2.72. The van der Waals surface area contributed by atoms with Gasteiger partial charge < -0.3 is 10.1 Å². The van der Waals surface area contributed by atoms with Crippen LogP contribution >= 0.6 is 0 Å². The third kappa shape index (κ3) is 6.27. The van der Waals surface area contributed by atoms with Crippen molar-refractivity contribution < 1.29 is 23.9 Å². The lowest BCUT2D eigenvalue weighted by Gasteiger charge is -2.17. The molecule has 0 spiro atoms. The summed E-state index contributed by atoms with van der Waals surface area (Å²) in [6.45, 7) is 3.87. The minimum absolute atomic E-state index is 0.0418. The molecule has 0 aliphatic rings. The molecule has 0 saturated carbocycles. The van der Waals surface area contributed by atoms with E-state index in [1.165, 1.54) is 7.05 Å². The number of amides is 3. The SMILES string of the molecule is CNC(=O)NC(=O)[C@@H](OC(=O)CCC(=O)c1ccc(C)c(C)c1)c1ccccc1. The molecule has 2 aromatic carbocycles. The van der Waals surface area contributed by atoms with E-state index in [2.05, 4.69) is 10.6 Å². The second kappa shape index (κ2) is 10.2. The minimum atomic E-state index is -1.29. The molecule has 0 saturated heterocycles. The summed E-state index contributed by atoms with van der Waals surface area (Å²) in [5, 5.41) is 4.37. The molecule has 1 atom stereocenters. The van der Waals surface area contributed by atoms with Crippen molar-refractivity contribution in [1.82, 2.24) is 10.6 Å². The molecule has 0 aromatic heterocycles. The van der Waals surface area contributed by atoms with Gasteiger partial charge in [0.15, 0.2) is 5.78 Å². The molecule has 0 bridgehead atoms. The van der Waals surface area contributed by atoms with E-state index in [1.54, 1.807) is 42.5 Å². The molecule has 2 rings (SSSR count). The Morgan fingerprint density at radius 1 is 0.931 bits per heavy atom. The van der Waals surface area contributed by atoms with E-state index in [0.717, 1.165) is 11.1 Å². The monoisotopic (exact) mass is 396 g/mol. The molecule has 7 nitrogen and oxygen atoms in total. The third-order valence-corrected chi connectivity index (χ3v) is 4.44. The number of imide groups is 1. The number of urea groups is 1. The number of carbonyl (C=O) groups excluding carboxylic acids is 4. The van der Waals surface area contributed by atoms with Crippen molar-refractivity contribution in [2.24, 2.45) is 0 Å². The van der Waals surface area contributed by atoms with Crippen LogP contribution in [0.5, 0.6) is 0 Å². The smallest absolute Gasteiger partial charge is 0.321 e. The second-order valence-corrected chi connectivity index (χ2v) is 6.57. The summed E-state index contributed by atoms with van der Waals surface area (Å²) in [6.07, 6.45) is -1.51. The van der Waals surface area contributed by atoms with Gasteiger partial charge in [-0.05, 0) is 31.0 Å². The van der Waals surface area contributed by atoms with Crippen LogP contribution in [0.2, 0.25) is 0 Å². The van der Waals surface area contributed by atoms with Crippen molar-refractivity contribution in [3.05, 3.63) is 70.8 Å². The van der Waals surface area contributed by atoms with Gasteiger partial charge in [-0.1, -0.05) is 42.5 Å². The summed E-state index contributed by atoms with van der Waals surface area (Å²) in [4.78, 5) is 48.4. The van der Waals surface area contributed by atoms with Crippen LogP contribution in [0.25, 0.3) is 0 Å². The van der Waals surface area contributed by atoms with Gasteiger partial charge in [0, 0.05) is 24.6 Å². The lowest BCUT2D eigenvalue weighted by molar-refractivity contribution is -0.156. The van der Waals surface area contributed by atoms with E-state index in [0.29, 0.717) is 11.1 Å². The lowest BCUT2D eigenvalue weighted by Crippen LogP contribution is -2.41. The number of carbonyl (C=O) groups is 4. The first-order valence-corrected chi connectivity index (χ1v) is 9.19. The summed E-state index contributed by atoms with van der Waals surface area (Å²) in [5.41, 5.74) is 3.02. The zero-order chi connectivity index (χ0) is 21.4. The zero-order valence-corrected chi connectivity index (χ0v) is 16.7. The number of benzene rings is 2. The summed E-state index contributed by atoms with van der Waals surface area (Å²) >= 11 is 0. The Bertz CT molecular complexity index is 909. The van der Waals surface area contributed by atoms with Gasteiger partial charge in [0.1, 0.15) is 0 Å². The highest BCUT2D eigenvalue weighted by atomic mass is 16.5. The number of rotatable bonds is 7. The first-order valence-electron chi connectivity index (χ1n) is 9.19. The molecule has 0 heterocycles. The minimum Gasteiger partial charge on any atom is -0.447 e. The van der Waals surface area contributed by atoms with E-state index >= 15 is 0 Å². The Morgan fingerprint density at radius 3 is 2.24 bits per heavy atom. The van der Waals surface area contributed by atoms with Crippen molar-refractivity contribution in [3.63, 3.8) is 0 Å². The molecule has 2 N–H and O–H groups in total. The highest BCUT2D eigenvalue weighted by Crippen LogP contribution is 2.19. The molecule has 0 aliphatic carbocycles. The van der Waals surface area contributed by atoms with Crippen LogP contribution in [0.15, 0.2) is 48.5 Å². The second-order valence-electron chi connectivity index (χ2n) is 6.57. The Balaban J connectivity index is 2.03. The predicted molar refractivity (Wildman–Crippen MR) is 107 cm³/mol. The summed E-state index contributed by atoms with van der Waals surface area (Å²) in [6, 6.07) is 13.0. The first kappa shape index (κ1) is 21.8. The maximum Gasteiger partial charge on any atom is 0.321 e. The van der Waals surface area contributed by atoms with E-state index in [-0.39, 0.29) is 18.6 Å². The number of nitrogens with one attached hydrogen (secondary N) is 2. The first-order chi connectivity index (χ1) is 13.8. The van der Waals surface area contributed by atoms with Gasteiger partial charge in [-0.2, -0.15) is 0 Å². The number of hydrogen-bond donors (Lipinski definition) is 2. The van der Waals surface area contributed by atoms with Crippen molar-refractivity contribution in [1.29, 1.82) is 0 Å². The van der Waals surface area contributed by atoms with Crippen LogP contribution < -0.4 is 10.6 Å². The number of esters is 1. The topological polar surface area (TPSA) is 102 Å². The van der Waals surface area contributed by atoms with Gasteiger partial charge in [0.25, 0.3) is 5.91 Å². The fourth-order valence-corrected chi connectivity index (χ4v) is 2.61. The summed E-state index contributed by atoms with van der Waals surface area (Å²) in [5.74, 6) is -1.66. The number of ether oxygens (including phenoxy) is 1. The van der Waals surface area contributed by atoms with Crippen LogP contribution in [-0.2, 0) is 14.3 Å². The van der Waals surface area contributed by atoms with Crippen molar-refractivity contribution in [2.45, 2.75) is 32.8 Å². The maximum atomic E-state index is 12.4. The van der Waals surface area contributed by atoms with Gasteiger partial charge in [-0.3, -0.25) is 19.7 Å². The van der Waals surface area contributed by atoms with Gasteiger partial charge in [-0.25, -0.2) is 4.79 Å². The Morgan fingerprint density at radius 2 is 1.62 bits per heavy atom. The Hall–Kier alpha value is -3.48. The molecular weight excluding hydrogens is 372 g/mol. The van der Waals surface area contributed by atoms with Gasteiger partial charge in [0.05, 0.1) is 6.42 Å². The van der Waals surface area contributed by atoms with Gasteiger partial charge in [-0.15, -0.1) is 0 Å². The normalized spacial score (nSPS) is 11.3. The lowest BCUT2D eigenvalue weighted by atomic mass is 10.0. The standard InChI is InChI=1S/C22H24N2O5/c1-14-9-10-17(13-15(14)2)18(25)11-12-19(26)29-20(16-7-5-4-6-8-16)21(27)24-22(28)23-3/h4-10,13,20H,11-12H2,1-3H3,(H2,23,24,27,28)/t20-/m0/s1. The van der Waals surface area contributed by atoms with E-state index < -0.39 is 24.0 Å². The molecule has 7 heteroatoms. The molecule has 0 fully saturated rings. The molecule has 0 radical (unpaired) electrons. The van der Waals surface area contributed by atoms with Crippen LogP contribution in [-0.4, -0.2) is 30.7 Å². The summed E-state index contributed by atoms with van der Waals surface area (Å²) in [7, 11) is 1.37. The highest BCUT2D eigenvalue weighted by molar-refractivity contribution is 5.99. The van der Waals surface area contributed by atoms with Gasteiger partial charge >= 0.3 is 12.0 Å². The molecule has 29 heavy (non-hydrogen) atoms. The van der Waals surface area contributed by atoms with Crippen LogP contribution in [0.1, 0.15) is 46.0 Å². The van der Waals surface area contributed by atoms with Crippen molar-refractivity contribution in [3.8, 4) is 0 Å². The van der Waals surface area contributed by atoms with Crippen molar-refractivity contribution >= 4 is 23.7 Å². The largest absolute Gasteiger partial charge is 0.447 e. The Kier molecular flexibility index (Phi) is 7.65. The van der Waals surface area contributed by atoms with Crippen molar-refractivity contribution in [2.75, 3.05) is 7.05 Å². The van der Waals surface area contributed by atoms with E-state index in [1.807, 2.05) is 19.9 Å². The number of ketones is 1. The van der Waals surface area contributed by atoms with Gasteiger partial charge in [0.2, 0.25) is 6.10 Å². The van der Waals surface area contributed by atoms with Crippen LogP contribution in [0, 0.1) is 13.8 Å². The molecule has 0 unspecified atom stereocenters. The molecule has 0 aliphatic heterocycles. The third-order valence-electron chi connectivity index (χ3n) is 4.44. The molecule has 2 aromatic rings. The Labute approximate surface area is 169 Å². The average molecular weight is 396 g/mol. The molecule has 152 valence electrons. The van der Waals surface area contributed by atoms with Crippen LogP contribution in [0.3, 0.4) is 0 Å². The van der Waals surface area contributed by atoms with Crippen LogP contribution in [0.4, 0.5) is 4.79 Å². The number of hydrogen-bond acceptors (Lipinski definition) is 5. The maximum absolute atomic E-state index is 12.4.